The molecular formula is C21H33N3O8. The molecule has 1 rings (SSSR count). The van der Waals surface area contributed by atoms with E-state index >= 15 is 0 Å². The van der Waals surface area contributed by atoms with E-state index in [-0.39, 0.29) is 36.5 Å². The van der Waals surface area contributed by atoms with Gasteiger partial charge in [-0.1, -0.05) is 0 Å². The third-order valence-electron chi connectivity index (χ3n) is 4.98. The number of methoxy groups -OCH3 is 1. The molecule has 0 aliphatic carbocycles. The Labute approximate surface area is 187 Å². The number of ether oxygens (including phenoxy) is 1. The predicted octanol–water partition coefficient (Wildman–Crippen LogP) is -1.30. The lowest BCUT2D eigenvalue weighted by molar-refractivity contribution is -0.119. The summed E-state index contributed by atoms with van der Waals surface area (Å²) in [7, 11) is 2.80. The van der Waals surface area contributed by atoms with Gasteiger partial charge in [0.1, 0.15) is 6.61 Å². The summed E-state index contributed by atoms with van der Waals surface area (Å²) in [4.78, 5) is 39.5. The molecule has 0 spiro atoms. The molecule has 0 fully saturated rings. The molecule has 0 aliphatic rings. The predicted molar refractivity (Wildman–Crippen MR) is 117 cm³/mol. The molecule has 3 amide bonds. The first-order valence-corrected chi connectivity index (χ1v) is 10.0. The number of carbonyl (C=O) groups excluding carboxylic acids is 3. The summed E-state index contributed by atoms with van der Waals surface area (Å²) in [6.07, 6.45) is -2.29. The van der Waals surface area contributed by atoms with Crippen molar-refractivity contribution in [2.24, 2.45) is 0 Å². The van der Waals surface area contributed by atoms with Gasteiger partial charge in [-0.3, -0.25) is 14.4 Å². The lowest BCUT2D eigenvalue weighted by Crippen LogP contribution is -2.38. The highest BCUT2D eigenvalue weighted by Crippen LogP contribution is 2.32. The summed E-state index contributed by atoms with van der Waals surface area (Å²) in [5.74, 6) is -1.59. The van der Waals surface area contributed by atoms with Crippen LogP contribution < -0.4 is 10.6 Å². The molecule has 0 bridgehead atoms. The van der Waals surface area contributed by atoms with Gasteiger partial charge in [0, 0.05) is 44.1 Å². The van der Waals surface area contributed by atoms with Crippen molar-refractivity contribution in [3.8, 4) is 0 Å². The zero-order chi connectivity index (χ0) is 24.6. The van der Waals surface area contributed by atoms with E-state index in [1.54, 1.807) is 20.8 Å². The minimum atomic E-state index is -1.15. The van der Waals surface area contributed by atoms with Gasteiger partial charge in [0.05, 0.1) is 25.4 Å². The van der Waals surface area contributed by atoms with Crippen LogP contribution in [0.25, 0.3) is 0 Å². The lowest BCUT2D eigenvalue weighted by Gasteiger charge is -2.26. The monoisotopic (exact) mass is 455 g/mol. The highest BCUT2D eigenvalue weighted by molar-refractivity contribution is 6.07. The molecule has 2 atom stereocenters. The molecule has 0 saturated carbocycles. The standard InChI is InChI=1S/C21H33N3O8/c1-11-17(20(30)22-6-14(27)8-25)12(2)19(23-16(29)10-32-5)13(3)18(11)21(31)24(4)7-15(28)9-26/h14-15,25-28H,6-10H2,1-5H3,(H,22,30)(H,23,29). The maximum absolute atomic E-state index is 13.2. The first kappa shape index (κ1) is 27.5. The molecule has 32 heavy (non-hydrogen) atoms. The van der Waals surface area contributed by atoms with Crippen LogP contribution >= 0.6 is 0 Å². The highest BCUT2D eigenvalue weighted by atomic mass is 16.5. The second kappa shape index (κ2) is 12.5. The number of nitrogens with zero attached hydrogens (tertiary/aromatic N) is 1. The maximum Gasteiger partial charge on any atom is 0.254 e. The Morgan fingerprint density at radius 3 is 2.06 bits per heavy atom. The van der Waals surface area contributed by atoms with Crippen molar-refractivity contribution in [2.75, 3.05) is 52.4 Å². The van der Waals surface area contributed by atoms with Gasteiger partial charge < -0.3 is 40.7 Å². The van der Waals surface area contributed by atoms with Crippen molar-refractivity contribution in [1.29, 1.82) is 0 Å². The molecule has 0 aromatic heterocycles. The largest absolute Gasteiger partial charge is 0.394 e. The fraction of sp³-hybridized carbons (Fsp3) is 0.571. The van der Waals surface area contributed by atoms with Crippen molar-refractivity contribution in [3.05, 3.63) is 27.8 Å². The number of hydrogen-bond acceptors (Lipinski definition) is 8. The Bertz CT molecular complexity index is 843. The summed E-state index contributed by atoms with van der Waals surface area (Å²) in [6, 6.07) is 0. The number of carbonyl (C=O) groups is 3. The molecular weight excluding hydrogens is 422 g/mol. The Morgan fingerprint density at radius 2 is 1.53 bits per heavy atom. The minimum absolute atomic E-state index is 0.132. The fourth-order valence-corrected chi connectivity index (χ4v) is 3.39. The van der Waals surface area contributed by atoms with Gasteiger partial charge in [0.15, 0.2) is 0 Å². The molecule has 2 unspecified atom stereocenters. The van der Waals surface area contributed by atoms with Crippen LogP contribution in [-0.4, -0.2) is 102 Å². The molecule has 0 saturated heterocycles. The summed E-state index contributed by atoms with van der Waals surface area (Å²) in [5, 5.41) is 42.5. The van der Waals surface area contributed by atoms with Gasteiger partial charge in [0.2, 0.25) is 5.91 Å². The van der Waals surface area contributed by atoms with Gasteiger partial charge >= 0.3 is 0 Å². The first-order chi connectivity index (χ1) is 15.0. The van der Waals surface area contributed by atoms with E-state index in [9.17, 15) is 24.6 Å². The van der Waals surface area contributed by atoms with Crippen LogP contribution in [-0.2, 0) is 9.53 Å². The zero-order valence-electron chi connectivity index (χ0n) is 19.1. The number of likely N-dealkylation sites (N-methyl/N-ethyl adjacent to an activating group) is 1. The SMILES string of the molecule is COCC(=O)Nc1c(C)c(C(=O)NCC(O)CO)c(C)c(C(=O)N(C)CC(O)CO)c1C. The van der Waals surface area contributed by atoms with Crippen LogP contribution in [0.15, 0.2) is 0 Å². The summed E-state index contributed by atoms with van der Waals surface area (Å²) in [6.45, 7) is 3.19. The summed E-state index contributed by atoms with van der Waals surface area (Å²) in [5.41, 5.74) is 1.74. The van der Waals surface area contributed by atoms with Gasteiger partial charge in [-0.05, 0) is 37.5 Å². The van der Waals surface area contributed by atoms with Crippen molar-refractivity contribution in [1.82, 2.24) is 10.2 Å². The van der Waals surface area contributed by atoms with Crippen molar-refractivity contribution < 1.29 is 39.5 Å². The molecule has 11 heteroatoms. The minimum Gasteiger partial charge on any atom is -0.394 e. The summed E-state index contributed by atoms with van der Waals surface area (Å²) < 4.78 is 4.84. The van der Waals surface area contributed by atoms with Crippen molar-refractivity contribution in [3.63, 3.8) is 0 Å². The van der Waals surface area contributed by atoms with Crippen LogP contribution in [0, 0.1) is 20.8 Å². The third-order valence-corrected chi connectivity index (χ3v) is 4.98. The maximum atomic E-state index is 13.2. The molecule has 0 heterocycles. The first-order valence-electron chi connectivity index (χ1n) is 10.0. The Morgan fingerprint density at radius 1 is 0.969 bits per heavy atom. The molecule has 6 N–H and O–H groups in total. The Kier molecular flexibility index (Phi) is 10.7. The number of hydrogen-bond donors (Lipinski definition) is 6. The van der Waals surface area contributed by atoms with Crippen LogP contribution in [0.1, 0.15) is 37.4 Å². The molecule has 1 aromatic rings. The average molecular weight is 456 g/mol. The molecule has 0 aliphatic heterocycles. The van der Waals surface area contributed by atoms with E-state index in [0.29, 0.717) is 16.7 Å². The molecule has 0 radical (unpaired) electrons. The van der Waals surface area contributed by atoms with Crippen molar-refractivity contribution in [2.45, 2.75) is 33.0 Å². The van der Waals surface area contributed by atoms with Crippen LogP contribution in [0.5, 0.6) is 0 Å². The van der Waals surface area contributed by atoms with Crippen LogP contribution in [0.3, 0.4) is 0 Å². The number of aliphatic hydroxyl groups is 4. The van der Waals surface area contributed by atoms with Gasteiger partial charge in [-0.15, -0.1) is 0 Å². The fourth-order valence-electron chi connectivity index (χ4n) is 3.39. The van der Waals surface area contributed by atoms with Gasteiger partial charge in [-0.25, -0.2) is 0 Å². The van der Waals surface area contributed by atoms with E-state index in [1.807, 2.05) is 0 Å². The molecule has 11 nitrogen and oxygen atoms in total. The van der Waals surface area contributed by atoms with Gasteiger partial charge in [0.25, 0.3) is 11.8 Å². The van der Waals surface area contributed by atoms with Crippen molar-refractivity contribution >= 4 is 23.4 Å². The third kappa shape index (κ3) is 6.71. The summed E-state index contributed by atoms with van der Waals surface area (Å²) >= 11 is 0. The number of amides is 3. The topological polar surface area (TPSA) is 169 Å². The van der Waals surface area contributed by atoms with E-state index in [4.69, 9.17) is 14.9 Å². The smallest absolute Gasteiger partial charge is 0.254 e. The van der Waals surface area contributed by atoms with Crippen LogP contribution in [0.2, 0.25) is 0 Å². The van der Waals surface area contributed by atoms with E-state index < -0.39 is 43.1 Å². The second-order valence-electron chi connectivity index (χ2n) is 7.55. The number of aliphatic hydroxyl groups excluding tert-OH is 4. The van der Waals surface area contributed by atoms with E-state index in [2.05, 4.69) is 10.6 Å². The van der Waals surface area contributed by atoms with Crippen LogP contribution in [0.4, 0.5) is 5.69 Å². The lowest BCUT2D eigenvalue weighted by atomic mass is 9.89. The molecule has 1 aromatic carbocycles. The number of nitrogens with one attached hydrogen (secondary N) is 2. The number of benzene rings is 1. The number of rotatable bonds is 11. The van der Waals surface area contributed by atoms with E-state index in [1.165, 1.54) is 19.1 Å². The quantitative estimate of drug-likeness (QED) is 0.239. The second-order valence-corrected chi connectivity index (χ2v) is 7.55. The molecule has 180 valence electrons. The van der Waals surface area contributed by atoms with Gasteiger partial charge in [-0.2, -0.15) is 0 Å². The number of anilines is 1. The normalized spacial score (nSPS) is 12.8. The highest BCUT2D eigenvalue weighted by Gasteiger charge is 2.28. The van der Waals surface area contributed by atoms with E-state index in [0.717, 1.165) is 0 Å². The Hall–Kier alpha value is -2.57. The zero-order valence-corrected chi connectivity index (χ0v) is 19.1. The average Bonchev–Trinajstić information content (AvgIpc) is 2.74. The Balaban J connectivity index is 3.57.